The lowest BCUT2D eigenvalue weighted by Gasteiger charge is -2.62. The molecule has 1 aromatic carbocycles. The van der Waals surface area contributed by atoms with Crippen molar-refractivity contribution in [2.75, 3.05) is 19.6 Å². The standard InChI is InChI=1S/C19H24N2O2/c22-17-9-10-18(23)21(17)13-12-20-14-16-8-4-5-11-19(16,20)15-6-2-1-3-7-15/h1-3,6-7,16H,4-5,8-14H2/t16-,19+/m0/s1. The summed E-state index contributed by atoms with van der Waals surface area (Å²) in [5.74, 6) is 0.734. The number of imide groups is 1. The van der Waals surface area contributed by atoms with Gasteiger partial charge >= 0.3 is 0 Å². The van der Waals surface area contributed by atoms with Gasteiger partial charge in [0.1, 0.15) is 0 Å². The summed E-state index contributed by atoms with van der Waals surface area (Å²) in [5.41, 5.74) is 1.56. The Balaban J connectivity index is 1.52. The van der Waals surface area contributed by atoms with Gasteiger partial charge in [-0.15, -0.1) is 0 Å². The van der Waals surface area contributed by atoms with Crippen molar-refractivity contribution in [1.82, 2.24) is 9.80 Å². The Hall–Kier alpha value is -1.68. The smallest absolute Gasteiger partial charge is 0.229 e. The van der Waals surface area contributed by atoms with Gasteiger partial charge in [-0.2, -0.15) is 0 Å². The molecule has 0 aromatic heterocycles. The quantitative estimate of drug-likeness (QED) is 0.802. The molecule has 2 amide bonds. The van der Waals surface area contributed by atoms with Crippen LogP contribution in [-0.2, 0) is 15.1 Å². The first-order valence-corrected chi connectivity index (χ1v) is 8.85. The van der Waals surface area contributed by atoms with Gasteiger partial charge in [0.15, 0.2) is 0 Å². The van der Waals surface area contributed by atoms with E-state index in [1.54, 1.807) is 0 Å². The van der Waals surface area contributed by atoms with E-state index in [0.717, 1.165) is 19.0 Å². The van der Waals surface area contributed by atoms with Crippen LogP contribution in [0.15, 0.2) is 30.3 Å². The van der Waals surface area contributed by atoms with Crippen LogP contribution in [0.2, 0.25) is 0 Å². The second-order valence-corrected chi connectivity index (χ2v) is 7.12. The minimum absolute atomic E-state index is 0.00415. The molecule has 1 aromatic rings. The third-order valence-electron chi connectivity index (χ3n) is 6.06. The average molecular weight is 312 g/mol. The Morgan fingerprint density at radius 2 is 1.74 bits per heavy atom. The van der Waals surface area contributed by atoms with Gasteiger partial charge in [-0.05, 0) is 24.3 Å². The van der Waals surface area contributed by atoms with E-state index in [-0.39, 0.29) is 17.4 Å². The molecule has 0 radical (unpaired) electrons. The number of rotatable bonds is 4. The summed E-state index contributed by atoms with van der Waals surface area (Å²) in [5, 5.41) is 0. The average Bonchev–Trinajstić information content (AvgIpc) is 2.88. The van der Waals surface area contributed by atoms with Crippen LogP contribution in [0.1, 0.15) is 44.1 Å². The lowest BCUT2D eigenvalue weighted by Crippen LogP contribution is -2.66. The van der Waals surface area contributed by atoms with Gasteiger partial charge in [-0.1, -0.05) is 43.2 Å². The number of carbonyl (C=O) groups is 2. The largest absolute Gasteiger partial charge is 0.291 e. The van der Waals surface area contributed by atoms with Gasteiger partial charge < -0.3 is 0 Å². The number of fused-ring (bicyclic) bond motifs is 1. The zero-order valence-corrected chi connectivity index (χ0v) is 13.5. The van der Waals surface area contributed by atoms with Gasteiger partial charge in [0.25, 0.3) is 0 Å². The summed E-state index contributed by atoms with van der Waals surface area (Å²) in [7, 11) is 0. The van der Waals surface area contributed by atoms with Crippen LogP contribution in [0.4, 0.5) is 0 Å². The van der Waals surface area contributed by atoms with Crippen molar-refractivity contribution in [3.63, 3.8) is 0 Å². The molecule has 122 valence electrons. The number of benzene rings is 1. The topological polar surface area (TPSA) is 40.6 Å². The van der Waals surface area contributed by atoms with E-state index < -0.39 is 0 Å². The summed E-state index contributed by atoms with van der Waals surface area (Å²) in [6.45, 7) is 2.47. The number of hydrogen-bond acceptors (Lipinski definition) is 3. The Morgan fingerprint density at radius 1 is 1.00 bits per heavy atom. The maximum absolute atomic E-state index is 11.8. The first-order valence-electron chi connectivity index (χ1n) is 8.85. The first kappa shape index (κ1) is 14.9. The van der Waals surface area contributed by atoms with E-state index in [2.05, 4.69) is 35.2 Å². The fourth-order valence-electron chi connectivity index (χ4n) is 4.88. The molecule has 4 nitrogen and oxygen atoms in total. The van der Waals surface area contributed by atoms with E-state index in [1.807, 2.05) is 0 Å². The zero-order valence-electron chi connectivity index (χ0n) is 13.5. The van der Waals surface area contributed by atoms with E-state index in [9.17, 15) is 9.59 Å². The highest BCUT2D eigenvalue weighted by Gasteiger charge is 2.54. The lowest BCUT2D eigenvalue weighted by molar-refractivity contribution is -0.143. The van der Waals surface area contributed by atoms with Crippen LogP contribution >= 0.6 is 0 Å². The Kier molecular flexibility index (Phi) is 3.72. The van der Waals surface area contributed by atoms with Crippen LogP contribution in [0.3, 0.4) is 0 Å². The summed E-state index contributed by atoms with van der Waals surface area (Å²) >= 11 is 0. The second-order valence-electron chi connectivity index (χ2n) is 7.12. The number of hydrogen-bond donors (Lipinski definition) is 0. The zero-order chi connectivity index (χ0) is 15.9. The van der Waals surface area contributed by atoms with Gasteiger partial charge in [0.2, 0.25) is 11.8 Å². The number of likely N-dealkylation sites (tertiary alicyclic amines) is 2. The predicted octanol–water partition coefficient (Wildman–Crippen LogP) is 2.54. The highest BCUT2D eigenvalue weighted by molar-refractivity contribution is 6.01. The molecule has 1 aliphatic carbocycles. The van der Waals surface area contributed by atoms with Gasteiger partial charge in [-0.3, -0.25) is 19.4 Å². The van der Waals surface area contributed by atoms with E-state index in [1.165, 1.54) is 36.1 Å². The summed E-state index contributed by atoms with van der Waals surface area (Å²) < 4.78 is 0. The lowest BCUT2D eigenvalue weighted by atomic mass is 9.62. The highest BCUT2D eigenvalue weighted by atomic mass is 16.2. The molecule has 3 fully saturated rings. The van der Waals surface area contributed by atoms with E-state index in [0.29, 0.717) is 19.4 Å². The van der Waals surface area contributed by atoms with Crippen molar-refractivity contribution in [1.29, 1.82) is 0 Å². The molecular weight excluding hydrogens is 288 g/mol. The third kappa shape index (κ3) is 2.31. The molecule has 0 N–H and O–H groups in total. The van der Waals surface area contributed by atoms with Crippen molar-refractivity contribution in [2.24, 2.45) is 5.92 Å². The summed E-state index contributed by atoms with van der Waals surface area (Å²) in [6.07, 6.45) is 5.88. The molecule has 23 heavy (non-hydrogen) atoms. The van der Waals surface area contributed by atoms with E-state index in [4.69, 9.17) is 0 Å². The molecule has 1 saturated carbocycles. The minimum Gasteiger partial charge on any atom is -0.291 e. The molecular formula is C19H24N2O2. The molecule has 0 unspecified atom stereocenters. The van der Waals surface area contributed by atoms with E-state index >= 15 is 0 Å². The van der Waals surface area contributed by atoms with Crippen LogP contribution in [0.25, 0.3) is 0 Å². The van der Waals surface area contributed by atoms with Crippen LogP contribution < -0.4 is 0 Å². The van der Waals surface area contributed by atoms with Gasteiger partial charge in [0.05, 0.1) is 5.54 Å². The fourth-order valence-corrected chi connectivity index (χ4v) is 4.88. The Labute approximate surface area is 137 Å². The minimum atomic E-state index is 0.00415. The summed E-state index contributed by atoms with van der Waals surface area (Å²) in [4.78, 5) is 27.6. The van der Waals surface area contributed by atoms with Crippen LogP contribution in [-0.4, -0.2) is 41.2 Å². The SMILES string of the molecule is O=C1CCC(=O)N1CCN1C[C@@H]2CCCC[C@@]21c1ccccc1. The molecule has 3 aliphatic rings. The normalized spacial score (nSPS) is 31.1. The number of amides is 2. The Morgan fingerprint density at radius 3 is 2.43 bits per heavy atom. The van der Waals surface area contributed by atoms with Crippen molar-refractivity contribution >= 4 is 11.8 Å². The van der Waals surface area contributed by atoms with Crippen molar-refractivity contribution < 1.29 is 9.59 Å². The van der Waals surface area contributed by atoms with Crippen molar-refractivity contribution in [2.45, 2.75) is 44.1 Å². The molecule has 2 atom stereocenters. The molecule has 4 heteroatoms. The Bertz CT molecular complexity index is 599. The fraction of sp³-hybridized carbons (Fsp3) is 0.579. The van der Waals surface area contributed by atoms with Crippen LogP contribution in [0.5, 0.6) is 0 Å². The molecule has 2 saturated heterocycles. The van der Waals surface area contributed by atoms with Crippen molar-refractivity contribution in [3.8, 4) is 0 Å². The predicted molar refractivity (Wildman–Crippen MR) is 87.6 cm³/mol. The monoisotopic (exact) mass is 312 g/mol. The molecule has 2 heterocycles. The maximum atomic E-state index is 11.8. The van der Waals surface area contributed by atoms with Gasteiger partial charge in [0, 0.05) is 32.5 Å². The molecule has 2 aliphatic heterocycles. The summed E-state index contributed by atoms with van der Waals surface area (Å²) in [6, 6.07) is 10.8. The molecule has 4 rings (SSSR count). The first-order chi connectivity index (χ1) is 11.2. The molecule has 0 spiro atoms. The van der Waals surface area contributed by atoms with Crippen LogP contribution in [0, 0.1) is 5.92 Å². The maximum Gasteiger partial charge on any atom is 0.229 e. The third-order valence-corrected chi connectivity index (χ3v) is 6.06. The highest BCUT2D eigenvalue weighted by Crippen LogP contribution is 2.53. The second kappa shape index (κ2) is 5.75. The number of nitrogens with zero attached hydrogens (tertiary/aromatic N) is 2. The van der Waals surface area contributed by atoms with Crippen molar-refractivity contribution in [3.05, 3.63) is 35.9 Å². The number of carbonyl (C=O) groups excluding carboxylic acids is 2. The van der Waals surface area contributed by atoms with Gasteiger partial charge in [-0.25, -0.2) is 0 Å². The molecule has 0 bridgehead atoms.